The van der Waals surface area contributed by atoms with E-state index in [0.717, 1.165) is 31.7 Å². The molecule has 3 rings (SSSR count). The molecule has 0 bridgehead atoms. The van der Waals surface area contributed by atoms with E-state index in [1.807, 2.05) is 5.38 Å². The molecule has 1 aliphatic carbocycles. The van der Waals surface area contributed by atoms with Crippen molar-refractivity contribution < 1.29 is 4.74 Å². The molecule has 112 valence electrons. The second-order valence-corrected chi connectivity index (χ2v) is 7.42. The molecule has 3 atom stereocenters. The van der Waals surface area contributed by atoms with Crippen LogP contribution in [0.4, 0.5) is 0 Å². The summed E-state index contributed by atoms with van der Waals surface area (Å²) < 4.78 is 5.90. The summed E-state index contributed by atoms with van der Waals surface area (Å²) in [7, 11) is 0. The van der Waals surface area contributed by atoms with E-state index in [4.69, 9.17) is 10.5 Å². The van der Waals surface area contributed by atoms with Gasteiger partial charge in [-0.3, -0.25) is 4.79 Å². The number of fused-ring (bicyclic) bond motifs is 1. The second-order valence-electron chi connectivity index (χ2n) is 6.58. The lowest BCUT2D eigenvalue weighted by Gasteiger charge is -2.66. The van der Waals surface area contributed by atoms with Gasteiger partial charge in [0.1, 0.15) is 0 Å². The number of aromatic nitrogens is 1. The minimum Gasteiger partial charge on any atom is -0.377 e. The van der Waals surface area contributed by atoms with Crippen LogP contribution in [0.5, 0.6) is 0 Å². The van der Waals surface area contributed by atoms with E-state index < -0.39 is 0 Å². The first-order chi connectivity index (χ1) is 9.45. The van der Waals surface area contributed by atoms with E-state index in [1.165, 1.54) is 11.3 Å². The van der Waals surface area contributed by atoms with Gasteiger partial charge in [-0.25, -0.2) is 0 Å². The van der Waals surface area contributed by atoms with E-state index in [2.05, 4.69) is 24.1 Å². The summed E-state index contributed by atoms with van der Waals surface area (Å²) in [5, 5.41) is 5.26. The molecule has 0 spiro atoms. The van der Waals surface area contributed by atoms with Crippen LogP contribution in [0.1, 0.15) is 32.4 Å². The summed E-state index contributed by atoms with van der Waals surface area (Å²) in [5.74, 6) is 0.445. The van der Waals surface area contributed by atoms with Crippen molar-refractivity contribution in [2.75, 3.05) is 13.2 Å². The van der Waals surface area contributed by atoms with Gasteiger partial charge in [0.25, 0.3) is 0 Å². The normalized spacial score (nSPS) is 35.4. The summed E-state index contributed by atoms with van der Waals surface area (Å²) in [6.45, 7) is 6.68. The first-order valence-corrected chi connectivity index (χ1v) is 8.11. The van der Waals surface area contributed by atoms with E-state index >= 15 is 0 Å². The third kappa shape index (κ3) is 2.06. The molecule has 6 heteroatoms. The highest BCUT2D eigenvalue weighted by atomic mass is 32.1. The Morgan fingerprint density at radius 1 is 1.60 bits per heavy atom. The van der Waals surface area contributed by atoms with Crippen LogP contribution >= 0.6 is 11.3 Å². The molecule has 2 heterocycles. The number of rotatable bonds is 4. The number of nitrogens with two attached hydrogens (primary N) is 1. The Bertz CT molecular complexity index is 539. The number of nitrogens with one attached hydrogen (secondary N) is 2. The van der Waals surface area contributed by atoms with Crippen molar-refractivity contribution >= 4 is 11.3 Å². The monoisotopic (exact) mass is 297 g/mol. The lowest BCUT2D eigenvalue weighted by atomic mass is 9.46. The molecule has 3 unspecified atom stereocenters. The molecule has 2 aliphatic rings. The maximum absolute atomic E-state index is 11.1. The Morgan fingerprint density at radius 2 is 2.40 bits per heavy atom. The van der Waals surface area contributed by atoms with Crippen LogP contribution in [0.2, 0.25) is 0 Å². The van der Waals surface area contributed by atoms with Gasteiger partial charge >= 0.3 is 4.87 Å². The zero-order valence-electron chi connectivity index (χ0n) is 12.1. The highest BCUT2D eigenvalue weighted by Crippen LogP contribution is 2.56. The fourth-order valence-corrected chi connectivity index (χ4v) is 4.41. The van der Waals surface area contributed by atoms with Crippen molar-refractivity contribution in [3.05, 3.63) is 20.7 Å². The first-order valence-electron chi connectivity index (χ1n) is 7.23. The van der Waals surface area contributed by atoms with Crippen molar-refractivity contribution in [1.82, 2.24) is 10.3 Å². The predicted molar refractivity (Wildman–Crippen MR) is 79.8 cm³/mol. The zero-order valence-corrected chi connectivity index (χ0v) is 12.9. The van der Waals surface area contributed by atoms with Gasteiger partial charge < -0.3 is 20.8 Å². The Balaban J connectivity index is 1.62. The molecule has 0 aromatic carbocycles. The van der Waals surface area contributed by atoms with Crippen molar-refractivity contribution in [2.45, 2.75) is 44.9 Å². The Morgan fingerprint density at radius 3 is 3.10 bits per heavy atom. The number of hydrogen-bond acceptors (Lipinski definition) is 5. The van der Waals surface area contributed by atoms with E-state index in [9.17, 15) is 4.79 Å². The molecule has 5 nitrogen and oxygen atoms in total. The third-order valence-electron chi connectivity index (χ3n) is 5.20. The minimum atomic E-state index is -0.228. The standard InChI is InChI=1S/C14H23N3O2S/c1-13(2)11-10(4-3-5-19-11)14(13,15)8-16-6-9-7-20-12(18)17-9/h7,10-11,16H,3-6,8,15H2,1-2H3,(H,17,18). The van der Waals surface area contributed by atoms with Gasteiger partial charge in [-0.05, 0) is 12.8 Å². The lowest BCUT2D eigenvalue weighted by Crippen LogP contribution is -2.80. The van der Waals surface area contributed by atoms with Crippen LogP contribution in [0.3, 0.4) is 0 Å². The maximum Gasteiger partial charge on any atom is 0.304 e. The van der Waals surface area contributed by atoms with Crippen LogP contribution in [0, 0.1) is 11.3 Å². The van der Waals surface area contributed by atoms with Crippen LogP contribution < -0.4 is 15.9 Å². The zero-order chi connectivity index (χ0) is 14.4. The first kappa shape index (κ1) is 14.3. The average Bonchev–Trinajstić information content (AvgIpc) is 2.84. The van der Waals surface area contributed by atoms with Gasteiger partial charge in [0.05, 0.1) is 6.10 Å². The molecule has 20 heavy (non-hydrogen) atoms. The third-order valence-corrected chi connectivity index (χ3v) is 5.92. The average molecular weight is 297 g/mol. The Labute approximate surface area is 122 Å². The highest BCUT2D eigenvalue weighted by Gasteiger charge is 2.65. The molecule has 2 fully saturated rings. The van der Waals surface area contributed by atoms with Gasteiger partial charge in [-0.15, -0.1) is 0 Å². The molecule has 1 saturated heterocycles. The van der Waals surface area contributed by atoms with Crippen LogP contribution in [0.15, 0.2) is 10.2 Å². The Hall–Kier alpha value is -0.690. The number of aromatic amines is 1. The fraction of sp³-hybridized carbons (Fsp3) is 0.786. The SMILES string of the molecule is CC1(C)C2OCCCC2C1(N)CNCc1csc(=O)[nH]1. The van der Waals surface area contributed by atoms with Gasteiger partial charge in [-0.1, -0.05) is 25.2 Å². The molecule has 1 aliphatic heterocycles. The summed E-state index contributed by atoms with van der Waals surface area (Å²) >= 11 is 1.20. The quantitative estimate of drug-likeness (QED) is 0.776. The largest absolute Gasteiger partial charge is 0.377 e. The number of thiazole rings is 1. The number of ether oxygens (including phenoxy) is 1. The number of hydrogen-bond donors (Lipinski definition) is 3. The van der Waals surface area contributed by atoms with Crippen molar-refractivity contribution in [3.63, 3.8) is 0 Å². The molecule has 4 N–H and O–H groups in total. The Kier molecular flexibility index (Phi) is 3.52. The van der Waals surface area contributed by atoms with Gasteiger partial charge in [-0.2, -0.15) is 0 Å². The fourth-order valence-electron chi connectivity index (χ4n) is 3.83. The maximum atomic E-state index is 11.1. The summed E-state index contributed by atoms with van der Waals surface area (Å²) in [6.07, 6.45) is 2.55. The predicted octanol–water partition coefficient (Wildman–Crippen LogP) is 1.06. The molecule has 0 radical (unpaired) electrons. The molecular weight excluding hydrogens is 274 g/mol. The minimum absolute atomic E-state index is 0.00557. The van der Waals surface area contributed by atoms with Gasteiger partial charge in [0.2, 0.25) is 0 Å². The van der Waals surface area contributed by atoms with Crippen LogP contribution in [-0.4, -0.2) is 29.8 Å². The smallest absolute Gasteiger partial charge is 0.304 e. The molecule has 1 saturated carbocycles. The van der Waals surface area contributed by atoms with E-state index in [1.54, 1.807) is 0 Å². The van der Waals surface area contributed by atoms with E-state index in [-0.39, 0.29) is 15.8 Å². The molecular formula is C14H23N3O2S. The van der Waals surface area contributed by atoms with Crippen molar-refractivity contribution in [1.29, 1.82) is 0 Å². The lowest BCUT2D eigenvalue weighted by molar-refractivity contribution is -0.225. The number of H-pyrrole nitrogens is 1. The van der Waals surface area contributed by atoms with Gasteiger partial charge in [0.15, 0.2) is 0 Å². The van der Waals surface area contributed by atoms with Gasteiger partial charge in [0, 0.05) is 47.6 Å². The topological polar surface area (TPSA) is 80.1 Å². The van der Waals surface area contributed by atoms with Crippen LogP contribution in [0.25, 0.3) is 0 Å². The summed E-state index contributed by atoms with van der Waals surface area (Å²) in [5.41, 5.74) is 7.39. The van der Waals surface area contributed by atoms with Crippen molar-refractivity contribution in [3.8, 4) is 0 Å². The highest BCUT2D eigenvalue weighted by molar-refractivity contribution is 7.07. The van der Waals surface area contributed by atoms with Crippen molar-refractivity contribution in [2.24, 2.45) is 17.1 Å². The molecule has 1 aromatic rings. The molecule has 1 aromatic heterocycles. The second kappa shape index (κ2) is 4.94. The summed E-state index contributed by atoms with van der Waals surface area (Å²) in [6, 6.07) is 0. The molecule has 0 amide bonds. The van der Waals surface area contributed by atoms with E-state index in [0.29, 0.717) is 18.6 Å². The summed E-state index contributed by atoms with van der Waals surface area (Å²) in [4.78, 5) is 13.9. The van der Waals surface area contributed by atoms with Crippen LogP contribution in [-0.2, 0) is 11.3 Å².